The third kappa shape index (κ3) is 7.49. The summed E-state index contributed by atoms with van der Waals surface area (Å²) in [6, 6.07) is 46.1. The number of unbranched alkanes of at least 4 members (excludes halogenated alkanes) is 1. The molecule has 0 aliphatic carbocycles. The van der Waals surface area contributed by atoms with Crippen molar-refractivity contribution in [1.82, 2.24) is 0 Å². The summed E-state index contributed by atoms with van der Waals surface area (Å²) < 4.78 is 38.2. The smallest absolute Gasteiger partial charge is 0.330 e. The molecular weight excluding hydrogens is 567 g/mol. The third-order valence-corrected chi connectivity index (χ3v) is 9.36. The van der Waals surface area contributed by atoms with Crippen LogP contribution in [0, 0.1) is 0 Å². The van der Waals surface area contributed by atoms with E-state index in [0.29, 0.717) is 30.0 Å². The fourth-order valence-corrected chi connectivity index (χ4v) is 6.97. The minimum atomic E-state index is -3.16. The van der Waals surface area contributed by atoms with Crippen molar-refractivity contribution in [3.05, 3.63) is 162 Å². The second-order valence-corrected chi connectivity index (χ2v) is 12.6. The average Bonchev–Trinajstić information content (AvgIpc) is 3.08. The first-order chi connectivity index (χ1) is 21.6. The van der Waals surface area contributed by atoms with Crippen molar-refractivity contribution in [3.63, 3.8) is 0 Å². The quantitative estimate of drug-likeness (QED) is 0.0877. The fraction of sp³-hybridized carbons (Fsp3) is 0.211. The van der Waals surface area contributed by atoms with Crippen molar-refractivity contribution in [2.45, 2.75) is 38.9 Å². The van der Waals surface area contributed by atoms with Gasteiger partial charge in [0, 0.05) is 16.7 Å². The highest BCUT2D eigenvalue weighted by molar-refractivity contribution is 7.53. The van der Waals surface area contributed by atoms with Crippen LogP contribution in [0.3, 0.4) is 0 Å². The monoisotopic (exact) mass is 606 g/mol. The van der Waals surface area contributed by atoms with Crippen molar-refractivity contribution in [1.29, 1.82) is 0 Å². The zero-order valence-electron chi connectivity index (χ0n) is 25.3. The maximum absolute atomic E-state index is 13.2. The van der Waals surface area contributed by atoms with Crippen LogP contribution in [-0.2, 0) is 25.8 Å². The molecule has 6 heteroatoms. The van der Waals surface area contributed by atoms with E-state index in [2.05, 4.69) is 43.3 Å². The second kappa shape index (κ2) is 15.0. The molecule has 0 amide bonds. The number of ether oxygens (including phenoxy) is 2. The summed E-state index contributed by atoms with van der Waals surface area (Å²) in [6.45, 7) is 4.40. The van der Waals surface area contributed by atoms with Gasteiger partial charge < -0.3 is 18.5 Å². The summed E-state index contributed by atoms with van der Waals surface area (Å²) in [5.74, 6) is 1.78. The molecular formula is C38H39O5P. The lowest BCUT2D eigenvalue weighted by molar-refractivity contribution is 0.150. The molecule has 0 saturated carbocycles. The van der Waals surface area contributed by atoms with E-state index in [9.17, 15) is 4.57 Å². The SMILES string of the molecule is CCCCP(=O)(OCC)OCc1cccc(Oc2ccccc2OC(c2ccccc2)(c2ccccc2)c2ccccc2)c1. The Morgan fingerprint density at radius 1 is 0.614 bits per heavy atom. The van der Waals surface area contributed by atoms with Gasteiger partial charge in [-0.15, -0.1) is 0 Å². The Morgan fingerprint density at radius 2 is 1.16 bits per heavy atom. The van der Waals surface area contributed by atoms with Crippen LogP contribution in [0.1, 0.15) is 48.9 Å². The van der Waals surface area contributed by atoms with Crippen molar-refractivity contribution >= 4 is 7.60 Å². The second-order valence-electron chi connectivity index (χ2n) is 10.5. The van der Waals surface area contributed by atoms with Crippen molar-refractivity contribution < 1.29 is 23.1 Å². The highest BCUT2D eigenvalue weighted by atomic mass is 31.2. The first-order valence-corrected chi connectivity index (χ1v) is 16.9. The molecule has 5 aromatic carbocycles. The molecule has 0 spiro atoms. The highest BCUT2D eigenvalue weighted by Crippen LogP contribution is 2.50. The molecule has 0 heterocycles. The summed E-state index contributed by atoms with van der Waals surface area (Å²) in [7, 11) is -3.16. The van der Waals surface area contributed by atoms with Gasteiger partial charge >= 0.3 is 7.60 Å². The number of benzene rings is 5. The Balaban J connectivity index is 1.48. The Bertz CT molecular complexity index is 1540. The van der Waals surface area contributed by atoms with Gasteiger partial charge in [0.2, 0.25) is 0 Å². The first kappa shape index (κ1) is 31.3. The van der Waals surface area contributed by atoms with Crippen LogP contribution in [-0.4, -0.2) is 12.8 Å². The number of rotatable bonds is 15. The van der Waals surface area contributed by atoms with Crippen LogP contribution in [0.5, 0.6) is 17.2 Å². The molecule has 5 aromatic rings. The molecule has 0 aromatic heterocycles. The Labute approximate surface area is 260 Å². The summed E-state index contributed by atoms with van der Waals surface area (Å²) in [5.41, 5.74) is 2.87. The summed E-state index contributed by atoms with van der Waals surface area (Å²) in [6.07, 6.45) is 2.11. The largest absolute Gasteiger partial charge is 0.469 e. The average molecular weight is 607 g/mol. The summed E-state index contributed by atoms with van der Waals surface area (Å²) in [4.78, 5) is 0. The van der Waals surface area contributed by atoms with Gasteiger partial charge in [-0.05, 0) is 43.2 Å². The van der Waals surface area contributed by atoms with E-state index >= 15 is 0 Å². The molecule has 0 bridgehead atoms. The standard InChI is InChI=1S/C38H39O5P/c1-3-5-28-44(39,40-4-2)41-30-31-18-17-25-35(29-31)42-36-26-15-16-27-37(36)43-38(32-19-9-6-10-20-32,33-21-11-7-12-22-33)34-23-13-8-14-24-34/h6-27,29H,3-5,28,30H2,1-2H3. The van der Waals surface area contributed by atoms with Crippen molar-refractivity contribution in [2.75, 3.05) is 12.8 Å². The fourth-order valence-electron chi connectivity index (χ4n) is 5.19. The van der Waals surface area contributed by atoms with Crippen LogP contribution in [0.2, 0.25) is 0 Å². The maximum atomic E-state index is 13.2. The lowest BCUT2D eigenvalue weighted by Gasteiger charge is -2.36. The van der Waals surface area contributed by atoms with E-state index in [4.69, 9.17) is 18.5 Å². The van der Waals surface area contributed by atoms with E-state index in [1.54, 1.807) is 0 Å². The van der Waals surface area contributed by atoms with Crippen LogP contribution < -0.4 is 9.47 Å². The molecule has 44 heavy (non-hydrogen) atoms. The molecule has 0 saturated heterocycles. The van der Waals surface area contributed by atoms with E-state index in [1.807, 2.05) is 110 Å². The Morgan fingerprint density at radius 3 is 1.70 bits per heavy atom. The maximum Gasteiger partial charge on any atom is 0.330 e. The van der Waals surface area contributed by atoms with Gasteiger partial charge in [-0.2, -0.15) is 0 Å². The van der Waals surface area contributed by atoms with Gasteiger partial charge in [0.15, 0.2) is 17.1 Å². The van der Waals surface area contributed by atoms with E-state index in [0.717, 1.165) is 35.1 Å². The van der Waals surface area contributed by atoms with Crippen molar-refractivity contribution in [2.24, 2.45) is 0 Å². The molecule has 0 aliphatic heterocycles. The molecule has 0 fully saturated rings. The van der Waals surface area contributed by atoms with Crippen molar-refractivity contribution in [3.8, 4) is 17.2 Å². The minimum absolute atomic E-state index is 0.162. The first-order valence-electron chi connectivity index (χ1n) is 15.2. The van der Waals surface area contributed by atoms with Crippen LogP contribution in [0.4, 0.5) is 0 Å². The predicted molar refractivity (Wildman–Crippen MR) is 177 cm³/mol. The third-order valence-electron chi connectivity index (χ3n) is 7.32. The predicted octanol–water partition coefficient (Wildman–Crippen LogP) is 10.4. The highest BCUT2D eigenvalue weighted by Gasteiger charge is 2.39. The van der Waals surface area contributed by atoms with Gasteiger partial charge in [0.25, 0.3) is 0 Å². The molecule has 1 unspecified atom stereocenters. The van der Waals surface area contributed by atoms with E-state index in [-0.39, 0.29) is 6.61 Å². The van der Waals surface area contributed by atoms with Gasteiger partial charge in [-0.3, -0.25) is 4.57 Å². The topological polar surface area (TPSA) is 54.0 Å². The summed E-state index contributed by atoms with van der Waals surface area (Å²) in [5, 5.41) is 0. The zero-order chi connectivity index (χ0) is 30.7. The number of hydrogen-bond donors (Lipinski definition) is 0. The van der Waals surface area contributed by atoms with E-state index < -0.39 is 13.2 Å². The Hall–Kier alpha value is -4.15. The van der Waals surface area contributed by atoms with Crippen LogP contribution >= 0.6 is 7.60 Å². The summed E-state index contributed by atoms with van der Waals surface area (Å²) >= 11 is 0. The molecule has 226 valence electrons. The number of hydrogen-bond acceptors (Lipinski definition) is 5. The zero-order valence-corrected chi connectivity index (χ0v) is 26.2. The van der Waals surface area contributed by atoms with Gasteiger partial charge in [0.05, 0.1) is 19.4 Å². The van der Waals surface area contributed by atoms with Crippen LogP contribution in [0.15, 0.2) is 140 Å². The van der Waals surface area contributed by atoms with Crippen LogP contribution in [0.25, 0.3) is 0 Å². The van der Waals surface area contributed by atoms with Gasteiger partial charge in [0.1, 0.15) is 5.75 Å². The minimum Gasteiger partial charge on any atom is -0.469 e. The van der Waals surface area contributed by atoms with Gasteiger partial charge in [-0.1, -0.05) is 129 Å². The molecule has 5 rings (SSSR count). The molecule has 0 N–H and O–H groups in total. The number of para-hydroxylation sites is 2. The molecule has 0 radical (unpaired) electrons. The Kier molecular flexibility index (Phi) is 10.7. The van der Waals surface area contributed by atoms with E-state index in [1.165, 1.54) is 0 Å². The lowest BCUT2D eigenvalue weighted by atomic mass is 9.80. The molecule has 1 atom stereocenters. The van der Waals surface area contributed by atoms with Gasteiger partial charge in [-0.25, -0.2) is 0 Å². The molecule has 5 nitrogen and oxygen atoms in total. The molecule has 0 aliphatic rings. The normalized spacial score (nSPS) is 12.8. The lowest BCUT2D eigenvalue weighted by Crippen LogP contribution is -2.36.